The summed E-state index contributed by atoms with van der Waals surface area (Å²) >= 11 is 0. The third-order valence-corrected chi connectivity index (χ3v) is 2.76. The first-order valence-corrected chi connectivity index (χ1v) is 6.15. The molecule has 0 aromatic heterocycles. The molecule has 0 aliphatic carbocycles. The van der Waals surface area contributed by atoms with Gasteiger partial charge in [0.25, 0.3) is 5.91 Å². The molecule has 0 saturated carbocycles. The van der Waals surface area contributed by atoms with Crippen LogP contribution in [0.2, 0.25) is 0 Å². The van der Waals surface area contributed by atoms with Crippen LogP contribution < -0.4 is 5.43 Å². The third kappa shape index (κ3) is 4.55. The van der Waals surface area contributed by atoms with Gasteiger partial charge in [0.1, 0.15) is 6.42 Å². The molecule has 0 aliphatic rings. The number of carbonyl (C=O) groups is 1. The molecule has 1 aromatic carbocycles. The standard InChI is InChI=1S/C15H19N3O/c1-11(17-18-14(19)9-10-16)12-5-7-13(8-6-12)15(2,3)4/h5-8H,9H2,1-4H3,(H,18,19)/b17-11-. The normalized spacial score (nSPS) is 11.8. The second-order valence-electron chi connectivity index (χ2n) is 5.39. The van der Waals surface area contributed by atoms with E-state index in [1.54, 1.807) is 6.07 Å². The molecule has 0 unspecified atom stereocenters. The number of rotatable bonds is 3. The Morgan fingerprint density at radius 1 is 1.32 bits per heavy atom. The van der Waals surface area contributed by atoms with Crippen molar-refractivity contribution in [1.29, 1.82) is 5.26 Å². The summed E-state index contributed by atoms with van der Waals surface area (Å²) in [5, 5.41) is 12.3. The van der Waals surface area contributed by atoms with Gasteiger partial charge in [0, 0.05) is 0 Å². The average molecular weight is 257 g/mol. The highest BCUT2D eigenvalue weighted by Gasteiger charge is 2.13. The smallest absolute Gasteiger partial charge is 0.254 e. The Morgan fingerprint density at radius 2 is 1.89 bits per heavy atom. The van der Waals surface area contributed by atoms with Crippen molar-refractivity contribution in [2.24, 2.45) is 5.10 Å². The molecular weight excluding hydrogens is 238 g/mol. The van der Waals surface area contributed by atoms with E-state index in [1.807, 2.05) is 19.1 Å². The fraction of sp³-hybridized carbons (Fsp3) is 0.400. The fourth-order valence-electron chi connectivity index (χ4n) is 1.53. The van der Waals surface area contributed by atoms with E-state index >= 15 is 0 Å². The Morgan fingerprint density at radius 3 is 2.37 bits per heavy atom. The first-order valence-electron chi connectivity index (χ1n) is 6.15. The second kappa shape index (κ2) is 6.14. The summed E-state index contributed by atoms with van der Waals surface area (Å²) in [5.74, 6) is -0.395. The van der Waals surface area contributed by atoms with E-state index in [1.165, 1.54) is 5.56 Å². The minimum Gasteiger partial charge on any atom is -0.272 e. The SMILES string of the molecule is C/C(=N/NC(=O)CC#N)c1ccc(C(C)(C)C)cc1. The fourth-order valence-corrected chi connectivity index (χ4v) is 1.53. The van der Waals surface area contributed by atoms with Crippen LogP contribution in [-0.4, -0.2) is 11.6 Å². The average Bonchev–Trinajstić information content (AvgIpc) is 2.35. The lowest BCUT2D eigenvalue weighted by molar-refractivity contribution is -0.120. The number of nitrogens with one attached hydrogen (secondary N) is 1. The zero-order valence-corrected chi connectivity index (χ0v) is 11.8. The van der Waals surface area contributed by atoms with E-state index in [0.717, 1.165) is 5.56 Å². The highest BCUT2D eigenvalue weighted by atomic mass is 16.2. The number of hydrogen-bond donors (Lipinski definition) is 1. The van der Waals surface area contributed by atoms with Crippen molar-refractivity contribution in [3.05, 3.63) is 35.4 Å². The van der Waals surface area contributed by atoms with Crippen LogP contribution >= 0.6 is 0 Å². The van der Waals surface area contributed by atoms with E-state index in [9.17, 15) is 4.79 Å². The van der Waals surface area contributed by atoms with Crippen molar-refractivity contribution in [1.82, 2.24) is 5.43 Å². The van der Waals surface area contributed by atoms with Gasteiger partial charge in [0.05, 0.1) is 11.8 Å². The number of nitrogens with zero attached hydrogens (tertiary/aromatic N) is 2. The lowest BCUT2D eigenvalue weighted by Gasteiger charge is -2.19. The molecule has 1 rings (SSSR count). The van der Waals surface area contributed by atoms with Gasteiger partial charge in [-0.1, -0.05) is 45.0 Å². The van der Waals surface area contributed by atoms with Crippen molar-refractivity contribution in [3.63, 3.8) is 0 Å². The maximum absolute atomic E-state index is 11.1. The quantitative estimate of drug-likeness (QED) is 0.668. The monoisotopic (exact) mass is 257 g/mol. The molecule has 0 radical (unpaired) electrons. The lowest BCUT2D eigenvalue weighted by Crippen LogP contribution is -2.18. The van der Waals surface area contributed by atoms with Gasteiger partial charge in [0.15, 0.2) is 0 Å². The summed E-state index contributed by atoms with van der Waals surface area (Å²) in [6, 6.07) is 9.86. The highest BCUT2D eigenvalue weighted by molar-refractivity contribution is 5.99. The molecule has 19 heavy (non-hydrogen) atoms. The van der Waals surface area contributed by atoms with Gasteiger partial charge in [-0.25, -0.2) is 5.43 Å². The molecule has 0 atom stereocenters. The molecule has 1 amide bonds. The molecule has 0 heterocycles. The summed E-state index contributed by atoms with van der Waals surface area (Å²) in [6.45, 7) is 8.29. The number of amides is 1. The van der Waals surface area contributed by atoms with E-state index in [-0.39, 0.29) is 11.8 Å². The molecule has 0 aliphatic heterocycles. The molecule has 1 aromatic rings. The van der Waals surface area contributed by atoms with Gasteiger partial charge in [-0.3, -0.25) is 4.79 Å². The molecule has 0 bridgehead atoms. The molecule has 0 saturated heterocycles. The number of hydrogen-bond acceptors (Lipinski definition) is 3. The van der Waals surface area contributed by atoms with Crippen molar-refractivity contribution in [2.75, 3.05) is 0 Å². The Hall–Kier alpha value is -2.15. The van der Waals surface area contributed by atoms with Crippen LogP contribution in [-0.2, 0) is 10.2 Å². The van der Waals surface area contributed by atoms with Crippen LogP contribution in [0.1, 0.15) is 45.2 Å². The van der Waals surface area contributed by atoms with Gasteiger partial charge >= 0.3 is 0 Å². The van der Waals surface area contributed by atoms with Crippen molar-refractivity contribution in [2.45, 2.75) is 39.5 Å². The minimum absolute atomic E-state index is 0.116. The van der Waals surface area contributed by atoms with Crippen LogP contribution in [0.3, 0.4) is 0 Å². The molecule has 1 N–H and O–H groups in total. The Labute approximate surface area is 114 Å². The van der Waals surface area contributed by atoms with Crippen molar-refractivity contribution >= 4 is 11.6 Å². The first-order chi connectivity index (χ1) is 8.84. The van der Waals surface area contributed by atoms with Gasteiger partial charge in [-0.05, 0) is 23.5 Å². The van der Waals surface area contributed by atoms with Crippen molar-refractivity contribution < 1.29 is 4.79 Å². The summed E-state index contributed by atoms with van der Waals surface area (Å²) in [5.41, 5.74) is 5.38. The van der Waals surface area contributed by atoms with Crippen LogP contribution in [0.25, 0.3) is 0 Å². The first kappa shape index (κ1) is 14.9. The van der Waals surface area contributed by atoms with Gasteiger partial charge in [-0.15, -0.1) is 0 Å². The van der Waals surface area contributed by atoms with Gasteiger partial charge in [-0.2, -0.15) is 10.4 Å². The molecule has 4 heteroatoms. The van der Waals surface area contributed by atoms with E-state index < -0.39 is 5.91 Å². The number of carbonyl (C=O) groups excluding carboxylic acids is 1. The lowest BCUT2D eigenvalue weighted by atomic mass is 9.86. The topological polar surface area (TPSA) is 65.2 Å². The van der Waals surface area contributed by atoms with E-state index in [2.05, 4.69) is 43.4 Å². The van der Waals surface area contributed by atoms with Gasteiger partial charge in [0.2, 0.25) is 0 Å². The Bertz CT molecular complexity index is 516. The van der Waals surface area contributed by atoms with Crippen LogP contribution in [0.4, 0.5) is 0 Å². The van der Waals surface area contributed by atoms with E-state index in [0.29, 0.717) is 5.71 Å². The summed E-state index contributed by atoms with van der Waals surface area (Å²) in [6.07, 6.45) is -0.181. The summed E-state index contributed by atoms with van der Waals surface area (Å²) in [7, 11) is 0. The zero-order chi connectivity index (χ0) is 14.5. The molecule has 0 fully saturated rings. The minimum atomic E-state index is -0.395. The molecule has 0 spiro atoms. The zero-order valence-electron chi connectivity index (χ0n) is 11.8. The highest BCUT2D eigenvalue weighted by Crippen LogP contribution is 2.22. The maximum atomic E-state index is 11.1. The second-order valence-corrected chi connectivity index (χ2v) is 5.39. The number of benzene rings is 1. The largest absolute Gasteiger partial charge is 0.272 e. The molecule has 4 nitrogen and oxygen atoms in total. The maximum Gasteiger partial charge on any atom is 0.254 e. The van der Waals surface area contributed by atoms with Gasteiger partial charge < -0.3 is 0 Å². The number of nitriles is 1. The predicted molar refractivity (Wildman–Crippen MR) is 75.7 cm³/mol. The van der Waals surface area contributed by atoms with Crippen LogP contribution in [0, 0.1) is 11.3 Å². The third-order valence-electron chi connectivity index (χ3n) is 2.76. The predicted octanol–water partition coefficient (Wildman–Crippen LogP) is 2.74. The van der Waals surface area contributed by atoms with Crippen LogP contribution in [0.5, 0.6) is 0 Å². The Balaban J connectivity index is 2.78. The Kier molecular flexibility index (Phi) is 4.82. The van der Waals surface area contributed by atoms with Crippen molar-refractivity contribution in [3.8, 4) is 6.07 Å². The van der Waals surface area contributed by atoms with Crippen LogP contribution in [0.15, 0.2) is 29.4 Å². The van der Waals surface area contributed by atoms with E-state index in [4.69, 9.17) is 5.26 Å². The summed E-state index contributed by atoms with van der Waals surface area (Å²) < 4.78 is 0. The summed E-state index contributed by atoms with van der Waals surface area (Å²) in [4.78, 5) is 11.1. The molecular formula is C15H19N3O. The number of hydrazone groups is 1. The molecule has 100 valence electrons.